The molecule has 3 unspecified atom stereocenters. The van der Waals surface area contributed by atoms with Crippen LogP contribution < -0.4 is 22.1 Å². The van der Waals surface area contributed by atoms with E-state index < -0.39 is 96.6 Å². The van der Waals surface area contributed by atoms with E-state index in [1.165, 1.54) is 19.9 Å². The normalized spacial score (nSPS) is 21.6. The number of nitrogen functional groups attached to an aromatic ring is 1. The van der Waals surface area contributed by atoms with Crippen molar-refractivity contribution >= 4 is 75.1 Å². The Bertz CT molecular complexity index is 2000. The Balaban J connectivity index is 1.43. The monoisotopic (exact) mass is 936 g/mol. The van der Waals surface area contributed by atoms with E-state index in [0.29, 0.717) is 12.8 Å². The van der Waals surface area contributed by atoms with Gasteiger partial charge < -0.3 is 61.7 Å². The van der Waals surface area contributed by atoms with Crippen molar-refractivity contribution in [1.29, 1.82) is 0 Å². The Morgan fingerprint density at radius 1 is 1.07 bits per heavy atom. The van der Waals surface area contributed by atoms with Crippen molar-refractivity contribution in [2.75, 3.05) is 37.8 Å². The number of aromatic nitrogens is 4. The second kappa shape index (κ2) is 22.2. The Kier molecular flexibility index (Phi) is 18.9. The molecule has 31 heteroatoms. The van der Waals surface area contributed by atoms with E-state index in [2.05, 4.69) is 34.4 Å². The maximum atomic E-state index is 12.7. The number of rotatable bonds is 25. The number of nitrogens with two attached hydrogens (primary N) is 2. The van der Waals surface area contributed by atoms with Crippen molar-refractivity contribution in [3.63, 3.8) is 0 Å². The summed E-state index contributed by atoms with van der Waals surface area (Å²) in [6.45, 7) is 0.267. The molecule has 0 aliphatic carbocycles. The van der Waals surface area contributed by atoms with E-state index in [9.17, 15) is 62.7 Å². The Hall–Kier alpha value is -3.27. The number of aliphatic carboxylic acids is 1. The lowest BCUT2D eigenvalue weighted by Crippen LogP contribution is -2.46. The lowest BCUT2D eigenvalue weighted by molar-refractivity contribution is -0.138. The van der Waals surface area contributed by atoms with E-state index >= 15 is 0 Å². The van der Waals surface area contributed by atoms with Crippen molar-refractivity contribution in [2.24, 2.45) is 11.1 Å². The molecular formula is C29H47N8O19P3S. The minimum absolute atomic E-state index is 0.0195. The van der Waals surface area contributed by atoms with Crippen LogP contribution in [0.15, 0.2) is 24.8 Å². The fourth-order valence-electron chi connectivity index (χ4n) is 5.15. The first-order valence-corrected chi connectivity index (χ1v) is 23.0. The van der Waals surface area contributed by atoms with Crippen molar-refractivity contribution in [1.82, 2.24) is 30.2 Å². The van der Waals surface area contributed by atoms with Crippen LogP contribution in [-0.2, 0) is 55.5 Å². The number of aliphatic hydroxyl groups is 2. The van der Waals surface area contributed by atoms with Gasteiger partial charge in [0.05, 0.1) is 26.0 Å². The number of nitrogens with one attached hydrogen (secondary N) is 2. The van der Waals surface area contributed by atoms with E-state index in [-0.39, 0.29) is 53.8 Å². The molecule has 2 aromatic rings. The number of carboxylic acids is 1. The molecule has 338 valence electrons. The number of aliphatic hydroxyl groups excluding tert-OH is 2. The highest BCUT2D eigenvalue weighted by atomic mass is 32.2. The lowest BCUT2D eigenvalue weighted by atomic mass is 9.87. The number of carbonyl (C=O) groups is 4. The molecule has 13 N–H and O–H groups in total. The molecule has 0 radical (unpaired) electrons. The maximum Gasteiger partial charge on any atom is 0.481 e. The molecule has 1 saturated heterocycles. The average molecular weight is 937 g/mol. The first-order valence-electron chi connectivity index (χ1n) is 17.5. The second-order valence-corrected chi connectivity index (χ2v) is 18.9. The number of thioether (sulfide) groups is 1. The van der Waals surface area contributed by atoms with E-state index in [1.54, 1.807) is 6.08 Å². The van der Waals surface area contributed by atoms with Crippen LogP contribution in [0, 0.1) is 5.41 Å². The standard InChI is InChI=1S/C29H47N8O19P3S/c1-29(2,24(43)27(44)33-8-7-18(38)32-9-10-60-20(41)6-4-3-5-16(30)11-19(39)40)13-53-59(50,51)56-58(48,49)52-12-17-23(55-57(45,46)47)22(42)28(54-17)37-15-36-21-25(31)34-14-35-26(21)37/h4,6,14-17,22-24,28,42-43H,3,5,7-13,30H2,1-2H3,(H,32,38)(H,33,44)(H,39,40)(H,48,49)(H,50,51)(H2,31,34,35)(H2,45,46,47)/t16?,17-,22-,23-,24+,28-/m1/s1. The average Bonchev–Trinajstić information content (AvgIpc) is 3.69. The number of hydrogen-bond acceptors (Lipinski definition) is 20. The summed E-state index contributed by atoms with van der Waals surface area (Å²) in [6, 6.07) is -0.529. The quantitative estimate of drug-likeness (QED) is 0.0316. The molecule has 0 bridgehead atoms. The number of imidazole rings is 1. The van der Waals surface area contributed by atoms with Crippen LogP contribution in [0.4, 0.5) is 5.82 Å². The molecule has 2 aromatic heterocycles. The fourth-order valence-corrected chi connectivity index (χ4v) is 8.57. The number of anilines is 1. The second-order valence-electron chi connectivity index (χ2n) is 13.6. The summed E-state index contributed by atoms with van der Waals surface area (Å²) < 4.78 is 62.1. The van der Waals surface area contributed by atoms with Gasteiger partial charge in [0.25, 0.3) is 0 Å². The molecule has 1 aliphatic heterocycles. The van der Waals surface area contributed by atoms with E-state index in [1.807, 2.05) is 0 Å². The third-order valence-electron chi connectivity index (χ3n) is 8.14. The van der Waals surface area contributed by atoms with Crippen LogP contribution in [0.3, 0.4) is 0 Å². The number of carbonyl (C=O) groups excluding carboxylic acids is 3. The van der Waals surface area contributed by atoms with Crippen LogP contribution in [0.5, 0.6) is 0 Å². The van der Waals surface area contributed by atoms with Gasteiger partial charge >= 0.3 is 29.4 Å². The van der Waals surface area contributed by atoms with Crippen LogP contribution in [0.1, 0.15) is 45.8 Å². The molecule has 8 atom stereocenters. The largest absolute Gasteiger partial charge is 0.481 e. The van der Waals surface area contributed by atoms with Gasteiger partial charge in [0.2, 0.25) is 16.9 Å². The summed E-state index contributed by atoms with van der Waals surface area (Å²) in [5, 5.41) is 34.7. The predicted molar refractivity (Wildman–Crippen MR) is 206 cm³/mol. The van der Waals surface area contributed by atoms with Crippen LogP contribution >= 0.6 is 35.2 Å². The Labute approximate surface area is 345 Å². The number of nitrogens with zero attached hydrogens (tertiary/aromatic N) is 4. The van der Waals surface area contributed by atoms with Crippen molar-refractivity contribution < 1.29 is 90.4 Å². The highest BCUT2D eigenvalue weighted by Gasteiger charge is 2.50. The lowest BCUT2D eigenvalue weighted by Gasteiger charge is -2.30. The highest BCUT2D eigenvalue weighted by molar-refractivity contribution is 8.14. The molecule has 0 spiro atoms. The maximum absolute atomic E-state index is 12.7. The molecule has 2 amide bonds. The summed E-state index contributed by atoms with van der Waals surface area (Å²) in [5.74, 6) is -2.34. The van der Waals surface area contributed by atoms with Crippen LogP contribution in [0.2, 0.25) is 0 Å². The topological polar surface area (TPSA) is 427 Å². The number of allylic oxidation sites excluding steroid dienone is 1. The summed E-state index contributed by atoms with van der Waals surface area (Å²) in [4.78, 5) is 98.2. The zero-order valence-electron chi connectivity index (χ0n) is 31.9. The number of phosphoric acid groups is 3. The van der Waals surface area contributed by atoms with Gasteiger partial charge in [-0.2, -0.15) is 4.31 Å². The van der Waals surface area contributed by atoms with Gasteiger partial charge in [0, 0.05) is 36.7 Å². The van der Waals surface area contributed by atoms with Gasteiger partial charge in [0.1, 0.15) is 36.3 Å². The number of hydrogen-bond donors (Lipinski definition) is 11. The number of amides is 2. The van der Waals surface area contributed by atoms with Crippen molar-refractivity contribution in [2.45, 2.75) is 76.2 Å². The highest BCUT2D eigenvalue weighted by Crippen LogP contribution is 2.61. The molecule has 60 heavy (non-hydrogen) atoms. The van der Waals surface area contributed by atoms with Crippen molar-refractivity contribution in [3.05, 3.63) is 24.8 Å². The first-order chi connectivity index (χ1) is 27.8. The molecule has 3 rings (SSSR count). The van der Waals surface area contributed by atoms with Crippen LogP contribution in [-0.4, -0.2) is 140 Å². The van der Waals surface area contributed by atoms with Crippen LogP contribution in [0.25, 0.3) is 11.2 Å². The van der Waals surface area contributed by atoms with E-state index in [0.717, 1.165) is 29.0 Å². The minimum atomic E-state index is -5.59. The third kappa shape index (κ3) is 16.5. The van der Waals surface area contributed by atoms with E-state index in [4.69, 9.17) is 30.4 Å². The van der Waals surface area contributed by atoms with Gasteiger partial charge in [-0.25, -0.2) is 28.6 Å². The number of fused-ring (bicyclic) bond motifs is 1. The summed E-state index contributed by atoms with van der Waals surface area (Å²) >= 11 is 0.928. The molecule has 1 aliphatic rings. The van der Waals surface area contributed by atoms with Gasteiger partial charge in [-0.3, -0.25) is 37.3 Å². The van der Waals surface area contributed by atoms with Gasteiger partial charge in [0.15, 0.2) is 17.7 Å². The summed E-state index contributed by atoms with van der Waals surface area (Å²) in [7, 11) is -16.5. The third-order valence-corrected chi connectivity index (χ3v) is 12.1. The predicted octanol–water partition coefficient (Wildman–Crippen LogP) is -1.20. The van der Waals surface area contributed by atoms with Crippen molar-refractivity contribution in [3.8, 4) is 0 Å². The Morgan fingerprint density at radius 3 is 2.42 bits per heavy atom. The molecule has 0 saturated carbocycles. The molecule has 27 nitrogen and oxygen atoms in total. The molecule has 1 fully saturated rings. The summed E-state index contributed by atoms with van der Waals surface area (Å²) in [5.41, 5.74) is 9.86. The number of ether oxygens (including phenoxy) is 1. The van der Waals surface area contributed by atoms with Gasteiger partial charge in [-0.05, 0) is 18.9 Å². The molecular weight excluding hydrogens is 889 g/mol. The number of phosphoric ester groups is 3. The Morgan fingerprint density at radius 2 is 1.75 bits per heavy atom. The zero-order valence-corrected chi connectivity index (χ0v) is 35.4. The number of carboxylic acid groups (broad SMARTS) is 1. The van der Waals surface area contributed by atoms with Gasteiger partial charge in [-0.1, -0.05) is 31.7 Å². The van der Waals surface area contributed by atoms with Gasteiger partial charge in [-0.15, -0.1) is 0 Å². The SMILES string of the molecule is CC(C)(COP(=O)(O)OP(=O)(O)OC[C@H]1O[C@@H](n2cnc3c(N)ncnc32)[C@H](O)[C@@H]1OP(=O)(O)O)[C@@H](O)C(=O)NCCC(=O)NCCSC(=O)C=CCCC(N)CC(=O)O. The zero-order chi connectivity index (χ0) is 45.1. The first kappa shape index (κ1) is 51.1. The fraction of sp³-hybridized carbons (Fsp3) is 0.621. The summed E-state index contributed by atoms with van der Waals surface area (Å²) in [6.07, 6.45) is -3.55. The molecule has 3 heterocycles. The molecule has 0 aromatic carbocycles. The smallest absolute Gasteiger partial charge is 0.481 e. The minimum Gasteiger partial charge on any atom is -0.481 e.